The predicted octanol–water partition coefficient (Wildman–Crippen LogP) is 4.25. The Hall–Kier alpha value is -2.33. The second-order valence-corrected chi connectivity index (χ2v) is 4.91. The fourth-order valence-electron chi connectivity index (χ4n) is 2.31. The van der Waals surface area contributed by atoms with Gasteiger partial charge in [-0.1, -0.05) is 35.9 Å². The number of non-ortho nitro benzene ring substituents is 1. The first-order valence-electron chi connectivity index (χ1n) is 6.12. The summed E-state index contributed by atoms with van der Waals surface area (Å²) in [5, 5.41) is 12.3. The highest BCUT2D eigenvalue weighted by Gasteiger charge is 2.14. The molecule has 0 amide bonds. The molecule has 2 aromatic carbocycles. The van der Waals surface area contributed by atoms with Gasteiger partial charge in [-0.05, 0) is 23.8 Å². The largest absolute Gasteiger partial charge is 0.343 e. The minimum absolute atomic E-state index is 0.125. The monoisotopic (exact) mass is 286 g/mol. The van der Waals surface area contributed by atoms with Gasteiger partial charge < -0.3 is 4.57 Å². The van der Waals surface area contributed by atoms with Crippen LogP contribution in [0.15, 0.2) is 54.7 Å². The molecule has 1 heterocycles. The molecule has 0 radical (unpaired) electrons. The third-order valence-electron chi connectivity index (χ3n) is 3.29. The highest BCUT2D eigenvalue weighted by atomic mass is 35.5. The van der Waals surface area contributed by atoms with Crippen LogP contribution in [0.2, 0.25) is 5.02 Å². The number of nitrogens with zero attached hydrogens (tertiary/aromatic N) is 2. The zero-order valence-corrected chi connectivity index (χ0v) is 11.2. The maximum absolute atomic E-state index is 11.0. The number of hydrogen-bond acceptors (Lipinski definition) is 2. The molecule has 0 aliphatic heterocycles. The van der Waals surface area contributed by atoms with E-state index in [2.05, 4.69) is 0 Å². The molecule has 100 valence electrons. The smallest absolute Gasteiger partial charge is 0.278 e. The molecule has 5 heteroatoms. The second kappa shape index (κ2) is 4.98. The number of nitro groups is 1. The number of halogens is 1. The average molecular weight is 287 g/mol. The van der Waals surface area contributed by atoms with Crippen molar-refractivity contribution in [1.29, 1.82) is 0 Å². The normalized spacial score (nSPS) is 10.8. The van der Waals surface area contributed by atoms with Crippen molar-refractivity contribution < 1.29 is 4.92 Å². The van der Waals surface area contributed by atoms with Crippen LogP contribution in [0, 0.1) is 10.1 Å². The van der Waals surface area contributed by atoms with Gasteiger partial charge in [0.15, 0.2) is 0 Å². The number of benzene rings is 2. The van der Waals surface area contributed by atoms with Crippen LogP contribution in [0.3, 0.4) is 0 Å². The van der Waals surface area contributed by atoms with Crippen molar-refractivity contribution >= 4 is 28.2 Å². The molecular weight excluding hydrogens is 276 g/mol. The maximum atomic E-state index is 11.0. The van der Waals surface area contributed by atoms with Gasteiger partial charge in [-0.3, -0.25) is 10.1 Å². The minimum atomic E-state index is -0.359. The molecule has 0 aliphatic carbocycles. The number of hydrogen-bond donors (Lipinski definition) is 0. The Balaban J connectivity index is 2.08. The average Bonchev–Trinajstić information content (AvgIpc) is 2.84. The van der Waals surface area contributed by atoms with Crippen LogP contribution in [-0.2, 0) is 6.54 Å². The summed E-state index contributed by atoms with van der Waals surface area (Å²) in [5.74, 6) is 0. The summed E-state index contributed by atoms with van der Waals surface area (Å²) in [5.41, 5.74) is 1.94. The van der Waals surface area contributed by atoms with Crippen LogP contribution in [0.1, 0.15) is 5.56 Å². The summed E-state index contributed by atoms with van der Waals surface area (Å²) in [6.45, 7) is 0.588. The van der Waals surface area contributed by atoms with Crippen LogP contribution in [0.5, 0.6) is 0 Å². The molecular formula is C15H11ClN2O2. The first kappa shape index (κ1) is 12.7. The van der Waals surface area contributed by atoms with E-state index in [-0.39, 0.29) is 10.6 Å². The van der Waals surface area contributed by atoms with E-state index < -0.39 is 0 Å². The summed E-state index contributed by atoms with van der Waals surface area (Å²) < 4.78 is 1.96. The zero-order valence-electron chi connectivity index (χ0n) is 10.5. The Morgan fingerprint density at radius 2 is 1.90 bits per heavy atom. The van der Waals surface area contributed by atoms with E-state index in [0.29, 0.717) is 17.0 Å². The van der Waals surface area contributed by atoms with Crippen LogP contribution in [-0.4, -0.2) is 9.49 Å². The van der Waals surface area contributed by atoms with Crippen LogP contribution in [0.4, 0.5) is 5.69 Å². The van der Waals surface area contributed by atoms with Gasteiger partial charge in [0.05, 0.1) is 15.8 Å². The molecule has 3 aromatic rings. The van der Waals surface area contributed by atoms with Crippen molar-refractivity contribution in [3.63, 3.8) is 0 Å². The van der Waals surface area contributed by atoms with Gasteiger partial charge in [-0.2, -0.15) is 0 Å². The molecule has 4 nitrogen and oxygen atoms in total. The second-order valence-electron chi connectivity index (χ2n) is 4.50. The van der Waals surface area contributed by atoms with Crippen molar-refractivity contribution in [2.75, 3.05) is 0 Å². The highest BCUT2D eigenvalue weighted by Crippen LogP contribution is 2.27. The summed E-state index contributed by atoms with van der Waals surface area (Å²) in [7, 11) is 0. The maximum Gasteiger partial charge on any atom is 0.278 e. The summed E-state index contributed by atoms with van der Waals surface area (Å²) >= 11 is 6.15. The van der Waals surface area contributed by atoms with E-state index in [1.54, 1.807) is 12.1 Å². The third-order valence-corrected chi connectivity index (χ3v) is 3.65. The number of rotatable bonds is 3. The first-order chi connectivity index (χ1) is 9.66. The summed E-state index contributed by atoms with van der Waals surface area (Å²) in [6.07, 6.45) is 1.85. The Kier molecular flexibility index (Phi) is 3.16. The van der Waals surface area contributed by atoms with Crippen molar-refractivity contribution in [1.82, 2.24) is 4.57 Å². The molecule has 3 rings (SSSR count). The molecule has 20 heavy (non-hydrogen) atoms. The van der Waals surface area contributed by atoms with Crippen molar-refractivity contribution in [2.24, 2.45) is 0 Å². The van der Waals surface area contributed by atoms with Gasteiger partial charge in [0.1, 0.15) is 0 Å². The fraction of sp³-hybridized carbons (Fsp3) is 0.0667. The van der Waals surface area contributed by atoms with Crippen LogP contribution in [0.25, 0.3) is 10.9 Å². The Morgan fingerprint density at radius 1 is 1.10 bits per heavy atom. The van der Waals surface area contributed by atoms with Crippen LogP contribution >= 0.6 is 11.6 Å². The molecule has 0 aliphatic rings. The lowest BCUT2D eigenvalue weighted by molar-refractivity contribution is -0.383. The topological polar surface area (TPSA) is 48.1 Å². The fourth-order valence-corrected chi connectivity index (χ4v) is 2.51. The quantitative estimate of drug-likeness (QED) is 0.534. The lowest BCUT2D eigenvalue weighted by Crippen LogP contribution is -1.98. The standard InChI is InChI=1S/C15H11ClN2O2/c16-13-5-2-1-4-11(13)10-17-9-8-12-14(17)6-3-7-15(12)18(19)20/h1-9H,10H2. The number of fused-ring (bicyclic) bond motifs is 1. The van der Waals surface area contributed by atoms with Gasteiger partial charge >= 0.3 is 0 Å². The lowest BCUT2D eigenvalue weighted by Gasteiger charge is -2.07. The SMILES string of the molecule is O=[N+]([O-])c1cccc2c1ccn2Cc1ccccc1Cl. The van der Waals surface area contributed by atoms with Crippen molar-refractivity contribution in [3.05, 3.63) is 75.4 Å². The molecule has 0 atom stereocenters. The van der Waals surface area contributed by atoms with E-state index in [0.717, 1.165) is 11.1 Å². The predicted molar refractivity (Wildman–Crippen MR) is 79.1 cm³/mol. The lowest BCUT2D eigenvalue weighted by atomic mass is 10.2. The van der Waals surface area contributed by atoms with Crippen LogP contribution < -0.4 is 0 Å². The van der Waals surface area contributed by atoms with E-state index in [1.807, 2.05) is 41.1 Å². The van der Waals surface area contributed by atoms with E-state index in [4.69, 9.17) is 11.6 Å². The minimum Gasteiger partial charge on any atom is -0.343 e. The van der Waals surface area contributed by atoms with E-state index in [9.17, 15) is 10.1 Å². The van der Waals surface area contributed by atoms with Gasteiger partial charge in [-0.15, -0.1) is 0 Å². The molecule has 0 saturated carbocycles. The Morgan fingerprint density at radius 3 is 2.65 bits per heavy atom. The molecule has 0 saturated heterocycles. The highest BCUT2D eigenvalue weighted by molar-refractivity contribution is 6.31. The molecule has 0 spiro atoms. The summed E-state index contributed by atoms with van der Waals surface area (Å²) in [4.78, 5) is 10.7. The first-order valence-corrected chi connectivity index (χ1v) is 6.50. The van der Waals surface area contributed by atoms with E-state index >= 15 is 0 Å². The zero-order chi connectivity index (χ0) is 14.1. The van der Waals surface area contributed by atoms with Crippen molar-refractivity contribution in [2.45, 2.75) is 6.54 Å². The van der Waals surface area contributed by atoms with Crippen molar-refractivity contribution in [3.8, 4) is 0 Å². The molecule has 1 aromatic heterocycles. The molecule has 0 unspecified atom stereocenters. The number of nitro benzene ring substituents is 1. The molecule has 0 bridgehead atoms. The number of aromatic nitrogens is 1. The van der Waals surface area contributed by atoms with Gasteiger partial charge in [0.25, 0.3) is 5.69 Å². The van der Waals surface area contributed by atoms with Gasteiger partial charge in [0, 0.05) is 23.8 Å². The molecule has 0 fully saturated rings. The van der Waals surface area contributed by atoms with Gasteiger partial charge in [-0.25, -0.2) is 0 Å². The Labute approximate surface area is 120 Å². The molecule has 0 N–H and O–H groups in total. The third kappa shape index (κ3) is 2.14. The Bertz CT molecular complexity index is 795. The summed E-state index contributed by atoms with van der Waals surface area (Å²) in [6, 6.07) is 14.4. The van der Waals surface area contributed by atoms with E-state index in [1.165, 1.54) is 6.07 Å². The van der Waals surface area contributed by atoms with Gasteiger partial charge in [0.2, 0.25) is 0 Å².